The van der Waals surface area contributed by atoms with Crippen molar-refractivity contribution in [3.63, 3.8) is 0 Å². The van der Waals surface area contributed by atoms with Crippen LogP contribution in [0, 0.1) is 0 Å². The summed E-state index contributed by atoms with van der Waals surface area (Å²) in [5, 5.41) is 11.4. The maximum absolute atomic E-state index is 12.5. The maximum Gasteiger partial charge on any atom is 0.369 e. The van der Waals surface area contributed by atoms with Crippen LogP contribution in [0.25, 0.3) is 0 Å². The first-order valence-corrected chi connectivity index (χ1v) is 10.7. The number of nitrogens with zero attached hydrogens (tertiary/aromatic N) is 1. The summed E-state index contributed by atoms with van der Waals surface area (Å²) in [5.74, 6) is -2.72. The maximum atomic E-state index is 12.5. The fraction of sp³-hybridized carbons (Fsp3) is 0.353. The number of para-hydroxylation sites is 1. The van der Waals surface area contributed by atoms with E-state index < -0.39 is 57.7 Å². The van der Waals surface area contributed by atoms with Crippen molar-refractivity contribution < 1.29 is 38.6 Å². The van der Waals surface area contributed by atoms with Crippen LogP contribution in [0.2, 0.25) is 0 Å². The van der Waals surface area contributed by atoms with Gasteiger partial charge in [-0.2, -0.15) is 0 Å². The van der Waals surface area contributed by atoms with Gasteiger partial charge < -0.3 is 25.2 Å². The second kappa shape index (κ2) is 11.5. The average Bonchev–Trinajstić information content (AvgIpc) is 2.73. The quantitative estimate of drug-likeness (QED) is 0.175. The van der Waals surface area contributed by atoms with E-state index in [-0.39, 0.29) is 6.41 Å². The van der Waals surface area contributed by atoms with Gasteiger partial charge in [-0.15, -0.1) is 0 Å². The molecule has 3 atom stereocenters. The van der Waals surface area contributed by atoms with Crippen molar-refractivity contribution in [3.05, 3.63) is 30.3 Å². The molecule has 3 unspecified atom stereocenters. The van der Waals surface area contributed by atoms with E-state index in [0.29, 0.717) is 22.4 Å². The summed E-state index contributed by atoms with van der Waals surface area (Å²) in [7, 11) is 0. The lowest BCUT2D eigenvalue weighted by Crippen LogP contribution is -2.75. The van der Waals surface area contributed by atoms with Crippen molar-refractivity contribution in [1.82, 2.24) is 15.5 Å². The Kier molecular flexibility index (Phi) is 9.25. The van der Waals surface area contributed by atoms with Crippen LogP contribution >= 0.6 is 46.6 Å². The van der Waals surface area contributed by atoms with Crippen LogP contribution in [-0.4, -0.2) is 74.1 Å². The van der Waals surface area contributed by atoms with Gasteiger partial charge in [0.2, 0.25) is 16.4 Å². The number of halogens is 3. The first kappa shape index (κ1) is 25.8. The smallest absolute Gasteiger partial charge is 0.369 e. The zero-order valence-corrected chi connectivity index (χ0v) is 19.0. The Bertz CT molecular complexity index is 870. The summed E-state index contributed by atoms with van der Waals surface area (Å²) in [4.78, 5) is 59.7. The molecule has 0 bridgehead atoms. The Balaban J connectivity index is 2.08. The van der Waals surface area contributed by atoms with Gasteiger partial charge in [-0.3, -0.25) is 19.3 Å². The molecule has 15 heteroatoms. The highest BCUT2D eigenvalue weighted by molar-refractivity contribution is 8.13. The Morgan fingerprint density at radius 2 is 1.91 bits per heavy atom. The fourth-order valence-corrected chi connectivity index (χ4v) is 3.66. The molecule has 0 radical (unpaired) electrons. The molecule has 0 spiro atoms. The lowest BCUT2D eigenvalue weighted by atomic mass is 10.1. The molecular formula is C17H16Cl3N3O8S. The minimum Gasteiger partial charge on any atom is -0.484 e. The van der Waals surface area contributed by atoms with E-state index in [1.165, 1.54) is 0 Å². The number of aliphatic carboxylic acids is 1. The van der Waals surface area contributed by atoms with Crippen molar-refractivity contribution in [3.8, 4) is 5.75 Å². The van der Waals surface area contributed by atoms with E-state index in [4.69, 9.17) is 44.3 Å². The Hall–Kier alpha value is -2.41. The van der Waals surface area contributed by atoms with Crippen LogP contribution in [0.3, 0.4) is 0 Å². The van der Waals surface area contributed by atoms with Gasteiger partial charge in [-0.05, 0) is 23.9 Å². The Morgan fingerprint density at radius 1 is 1.25 bits per heavy atom. The number of likely N-dealkylation sites (tertiary alicyclic amines) is 1. The molecule has 1 heterocycles. The number of amides is 3. The predicted octanol–water partition coefficient (Wildman–Crippen LogP) is 1.12. The van der Waals surface area contributed by atoms with Gasteiger partial charge in [-0.1, -0.05) is 53.0 Å². The zero-order valence-electron chi connectivity index (χ0n) is 15.9. The standard InChI is InChI=1S/C17H16Cl3N3O8S/c18-17(19,20)7-31-16(29)32-14-11(13(26)23(14)12(15(27)28)21-8-24)22-10(25)6-30-9-4-2-1-3-5-9/h1-5,8,11-12,14H,6-7H2,(H,21,24)(H,22,25)(H,27,28). The molecule has 1 saturated heterocycles. The number of hydrogen-bond acceptors (Lipinski definition) is 8. The first-order valence-electron chi connectivity index (χ1n) is 8.65. The number of carbonyl (C=O) groups excluding carboxylic acids is 4. The second-order valence-corrected chi connectivity index (χ2v) is 9.65. The molecule has 3 N–H and O–H groups in total. The van der Waals surface area contributed by atoms with Gasteiger partial charge in [0.15, 0.2) is 6.61 Å². The second-order valence-electron chi connectivity index (χ2n) is 6.08. The Morgan fingerprint density at radius 3 is 2.47 bits per heavy atom. The summed E-state index contributed by atoms with van der Waals surface area (Å²) in [6, 6.07) is 7.08. The van der Waals surface area contributed by atoms with Gasteiger partial charge in [0, 0.05) is 0 Å². The van der Waals surface area contributed by atoms with Crippen molar-refractivity contribution in [1.29, 1.82) is 0 Å². The van der Waals surface area contributed by atoms with E-state index >= 15 is 0 Å². The third-order valence-corrected chi connectivity index (χ3v) is 5.20. The topological polar surface area (TPSA) is 151 Å². The molecule has 174 valence electrons. The van der Waals surface area contributed by atoms with Crippen LogP contribution in [-0.2, 0) is 23.9 Å². The van der Waals surface area contributed by atoms with Crippen LogP contribution in [0.15, 0.2) is 30.3 Å². The summed E-state index contributed by atoms with van der Waals surface area (Å²) < 4.78 is 8.16. The number of rotatable bonds is 10. The molecule has 1 aromatic rings. The van der Waals surface area contributed by atoms with Crippen LogP contribution in [0.4, 0.5) is 4.79 Å². The van der Waals surface area contributed by atoms with Gasteiger partial charge in [-0.25, -0.2) is 9.59 Å². The van der Waals surface area contributed by atoms with E-state index in [9.17, 15) is 29.1 Å². The number of nitrogens with one attached hydrogen (secondary N) is 2. The lowest BCUT2D eigenvalue weighted by molar-refractivity contribution is -0.164. The molecule has 2 rings (SSSR count). The molecule has 1 aliphatic rings. The summed E-state index contributed by atoms with van der Waals surface area (Å²) in [5.41, 5.74) is 0. The first-order chi connectivity index (χ1) is 15.0. The molecule has 11 nitrogen and oxygen atoms in total. The molecule has 0 aromatic heterocycles. The minimum absolute atomic E-state index is 0.0779. The van der Waals surface area contributed by atoms with Crippen LogP contribution in [0.5, 0.6) is 5.75 Å². The minimum atomic E-state index is -1.89. The number of ether oxygens (including phenoxy) is 2. The zero-order chi connectivity index (χ0) is 23.9. The summed E-state index contributed by atoms with van der Waals surface area (Å²) >= 11 is 16.9. The Labute approximate surface area is 200 Å². The van der Waals surface area contributed by atoms with Gasteiger partial charge in [0.25, 0.3) is 11.8 Å². The van der Waals surface area contributed by atoms with Gasteiger partial charge in [0.05, 0.1) is 0 Å². The largest absolute Gasteiger partial charge is 0.484 e. The van der Waals surface area contributed by atoms with E-state index in [1.54, 1.807) is 30.3 Å². The van der Waals surface area contributed by atoms with Crippen molar-refractivity contribution >= 4 is 76.1 Å². The van der Waals surface area contributed by atoms with Crippen LogP contribution in [0.1, 0.15) is 0 Å². The number of carboxylic acid groups (broad SMARTS) is 1. The molecular weight excluding hydrogens is 513 g/mol. The highest BCUT2D eigenvalue weighted by atomic mass is 35.6. The van der Waals surface area contributed by atoms with E-state index in [1.807, 2.05) is 5.32 Å². The van der Waals surface area contributed by atoms with Crippen molar-refractivity contribution in [2.45, 2.75) is 21.4 Å². The monoisotopic (exact) mass is 527 g/mol. The van der Waals surface area contributed by atoms with Crippen LogP contribution < -0.4 is 15.4 Å². The molecule has 1 aliphatic heterocycles. The van der Waals surface area contributed by atoms with Crippen molar-refractivity contribution in [2.24, 2.45) is 0 Å². The third kappa shape index (κ3) is 7.33. The number of benzene rings is 1. The predicted molar refractivity (Wildman–Crippen MR) is 114 cm³/mol. The lowest BCUT2D eigenvalue weighted by Gasteiger charge is -2.47. The number of thioether (sulfide) groups is 1. The SMILES string of the molecule is O=CNC(C(=O)O)N1C(=O)C(NC(=O)COc2ccccc2)C1SC(=O)OCC(Cl)(Cl)Cl. The molecule has 0 saturated carbocycles. The van der Waals surface area contributed by atoms with E-state index in [0.717, 1.165) is 0 Å². The highest BCUT2D eigenvalue weighted by Crippen LogP contribution is 2.34. The third-order valence-electron chi connectivity index (χ3n) is 3.82. The highest BCUT2D eigenvalue weighted by Gasteiger charge is 2.54. The van der Waals surface area contributed by atoms with E-state index in [2.05, 4.69) is 5.32 Å². The van der Waals surface area contributed by atoms with Gasteiger partial charge >= 0.3 is 11.3 Å². The van der Waals surface area contributed by atoms with Crippen molar-refractivity contribution in [2.75, 3.05) is 13.2 Å². The molecule has 32 heavy (non-hydrogen) atoms. The molecule has 3 amide bonds. The number of carboxylic acids is 1. The number of hydrogen-bond donors (Lipinski definition) is 3. The molecule has 1 fully saturated rings. The fourth-order valence-electron chi connectivity index (χ4n) is 2.51. The molecule has 0 aliphatic carbocycles. The summed E-state index contributed by atoms with van der Waals surface area (Å²) in [6.45, 7) is -1.06. The van der Waals surface area contributed by atoms with Gasteiger partial charge in [0.1, 0.15) is 23.8 Å². The summed E-state index contributed by atoms with van der Waals surface area (Å²) in [6.07, 6.45) is -1.71. The molecule has 1 aromatic carbocycles. The number of alkyl halides is 3. The number of β-lactam (4-membered cyclic amide) rings is 1. The number of carbonyl (C=O) groups is 5. The normalized spacial score (nSPS) is 18.7. The average molecular weight is 529 g/mol.